The van der Waals surface area contributed by atoms with Gasteiger partial charge in [0.05, 0.1) is 26.3 Å². The molecule has 160 valence electrons. The Balaban J connectivity index is 1.57. The van der Waals surface area contributed by atoms with E-state index in [1.165, 1.54) is 0 Å². The zero-order valence-corrected chi connectivity index (χ0v) is 17.6. The summed E-state index contributed by atoms with van der Waals surface area (Å²) in [5.41, 5.74) is 2.24. The first-order valence-corrected chi connectivity index (χ1v) is 10.5. The normalized spacial score (nSPS) is 21.9. The summed E-state index contributed by atoms with van der Waals surface area (Å²) in [6.07, 6.45) is 0. The Morgan fingerprint density at radius 3 is 1.53 bits per heavy atom. The number of ether oxygens (including phenoxy) is 2. The highest BCUT2D eigenvalue weighted by atomic mass is 16.5. The van der Waals surface area contributed by atoms with Gasteiger partial charge < -0.3 is 29.9 Å². The largest absolute Gasteiger partial charge is 0.497 e. The summed E-state index contributed by atoms with van der Waals surface area (Å²) in [5, 5.41) is 6.87. The highest BCUT2D eigenvalue weighted by molar-refractivity contribution is 5.76. The zero-order chi connectivity index (χ0) is 20.9. The van der Waals surface area contributed by atoms with Crippen LogP contribution in [-0.2, 0) is 0 Å². The number of piperazine rings is 2. The van der Waals surface area contributed by atoms with Crippen molar-refractivity contribution >= 4 is 6.03 Å². The van der Waals surface area contributed by atoms with E-state index in [0.29, 0.717) is 13.1 Å². The fraction of sp³-hybridized carbons (Fsp3) is 0.435. The maximum absolute atomic E-state index is 13.7. The van der Waals surface area contributed by atoms with E-state index < -0.39 is 0 Å². The molecular weight excluding hydrogens is 380 g/mol. The Kier molecular flexibility index (Phi) is 6.40. The van der Waals surface area contributed by atoms with E-state index in [1.54, 1.807) is 14.2 Å². The number of carbonyl (C=O) groups is 1. The molecule has 0 saturated carbocycles. The van der Waals surface area contributed by atoms with Crippen LogP contribution in [0.1, 0.15) is 23.2 Å². The lowest BCUT2D eigenvalue weighted by Crippen LogP contribution is -2.57. The average Bonchev–Trinajstić information content (AvgIpc) is 2.84. The van der Waals surface area contributed by atoms with Crippen molar-refractivity contribution in [1.29, 1.82) is 0 Å². The van der Waals surface area contributed by atoms with E-state index in [4.69, 9.17) is 9.47 Å². The Morgan fingerprint density at radius 1 is 0.767 bits per heavy atom. The lowest BCUT2D eigenvalue weighted by molar-refractivity contribution is 0.0959. The number of nitrogens with zero attached hydrogens (tertiary/aromatic N) is 2. The van der Waals surface area contributed by atoms with Gasteiger partial charge in [0.1, 0.15) is 11.5 Å². The summed E-state index contributed by atoms with van der Waals surface area (Å²) in [7, 11) is 3.33. The molecule has 7 heteroatoms. The van der Waals surface area contributed by atoms with Gasteiger partial charge in [-0.25, -0.2) is 4.79 Å². The van der Waals surface area contributed by atoms with Crippen LogP contribution in [0.5, 0.6) is 11.5 Å². The van der Waals surface area contributed by atoms with E-state index in [9.17, 15) is 4.79 Å². The number of hydrogen-bond acceptors (Lipinski definition) is 5. The van der Waals surface area contributed by atoms with Crippen LogP contribution in [0.25, 0.3) is 0 Å². The molecule has 2 aliphatic heterocycles. The van der Waals surface area contributed by atoms with Gasteiger partial charge in [0.2, 0.25) is 0 Å². The quantitative estimate of drug-likeness (QED) is 0.811. The molecule has 2 aromatic carbocycles. The van der Waals surface area contributed by atoms with Gasteiger partial charge >= 0.3 is 6.03 Å². The first-order chi connectivity index (χ1) is 14.7. The van der Waals surface area contributed by atoms with Crippen LogP contribution in [0, 0.1) is 0 Å². The van der Waals surface area contributed by atoms with Gasteiger partial charge in [-0.2, -0.15) is 0 Å². The Labute approximate surface area is 177 Å². The topological polar surface area (TPSA) is 66.1 Å². The van der Waals surface area contributed by atoms with E-state index in [1.807, 2.05) is 34.1 Å². The minimum absolute atomic E-state index is 0.00330. The van der Waals surface area contributed by atoms with E-state index in [2.05, 4.69) is 34.9 Å². The van der Waals surface area contributed by atoms with Crippen LogP contribution < -0.4 is 20.1 Å². The fourth-order valence-electron chi connectivity index (χ4n) is 4.28. The third-order valence-corrected chi connectivity index (χ3v) is 5.98. The maximum Gasteiger partial charge on any atom is 0.321 e. The predicted molar refractivity (Wildman–Crippen MR) is 116 cm³/mol. The molecule has 2 aromatic rings. The molecule has 0 radical (unpaired) electrons. The summed E-state index contributed by atoms with van der Waals surface area (Å²) < 4.78 is 10.6. The molecule has 2 fully saturated rings. The van der Waals surface area contributed by atoms with E-state index >= 15 is 0 Å². The third kappa shape index (κ3) is 4.22. The van der Waals surface area contributed by atoms with E-state index in [0.717, 1.165) is 48.8 Å². The smallest absolute Gasteiger partial charge is 0.321 e. The molecule has 2 unspecified atom stereocenters. The Bertz CT molecular complexity index is 771. The first kappa shape index (κ1) is 20.5. The second-order valence-corrected chi connectivity index (χ2v) is 7.66. The van der Waals surface area contributed by atoms with Crippen molar-refractivity contribution in [2.45, 2.75) is 12.1 Å². The number of rotatable bonds is 4. The number of urea groups is 1. The number of nitrogens with one attached hydrogen (secondary N) is 2. The summed E-state index contributed by atoms with van der Waals surface area (Å²) in [6.45, 7) is 4.48. The molecule has 7 nitrogen and oxygen atoms in total. The van der Waals surface area contributed by atoms with Gasteiger partial charge in [-0.1, -0.05) is 24.3 Å². The summed E-state index contributed by atoms with van der Waals surface area (Å²) >= 11 is 0. The van der Waals surface area contributed by atoms with Crippen molar-refractivity contribution < 1.29 is 14.3 Å². The second kappa shape index (κ2) is 9.36. The second-order valence-electron chi connectivity index (χ2n) is 7.66. The molecule has 0 bridgehead atoms. The number of hydrogen-bond donors (Lipinski definition) is 2. The standard InChI is InChI=1S/C23H30N4O3/c1-29-19-7-3-17(4-8-19)21-15-24-11-13-26(21)23(28)27-14-12-25-16-22(27)18-5-9-20(30-2)10-6-18/h3-10,21-22,24-25H,11-16H2,1-2H3. The van der Waals surface area contributed by atoms with Crippen LogP contribution >= 0.6 is 0 Å². The Hall–Kier alpha value is -2.77. The van der Waals surface area contributed by atoms with Gasteiger partial charge in [-0.3, -0.25) is 0 Å². The third-order valence-electron chi connectivity index (χ3n) is 5.98. The minimum Gasteiger partial charge on any atom is -0.497 e. The van der Waals surface area contributed by atoms with E-state index in [-0.39, 0.29) is 18.1 Å². The van der Waals surface area contributed by atoms with Gasteiger partial charge in [0, 0.05) is 39.3 Å². The minimum atomic E-state index is 0.00330. The molecule has 2 N–H and O–H groups in total. The number of carbonyl (C=O) groups excluding carboxylic acids is 1. The molecule has 30 heavy (non-hydrogen) atoms. The number of methoxy groups -OCH3 is 2. The van der Waals surface area contributed by atoms with Gasteiger partial charge in [-0.15, -0.1) is 0 Å². The van der Waals surface area contributed by atoms with Crippen LogP contribution in [0.4, 0.5) is 4.79 Å². The monoisotopic (exact) mass is 410 g/mol. The van der Waals surface area contributed by atoms with Crippen molar-refractivity contribution in [3.63, 3.8) is 0 Å². The summed E-state index contributed by atoms with van der Waals surface area (Å²) in [4.78, 5) is 17.7. The molecule has 2 atom stereocenters. The highest BCUT2D eigenvalue weighted by Crippen LogP contribution is 2.30. The van der Waals surface area contributed by atoms with Crippen molar-refractivity contribution in [2.75, 3.05) is 53.5 Å². The van der Waals surface area contributed by atoms with Crippen LogP contribution in [0.15, 0.2) is 48.5 Å². The SMILES string of the molecule is COc1ccc(C2CNCCN2C(=O)N2CCNCC2c2ccc(OC)cc2)cc1. The molecule has 2 heterocycles. The molecule has 0 spiro atoms. The Morgan fingerprint density at radius 2 is 1.17 bits per heavy atom. The lowest BCUT2D eigenvalue weighted by Gasteiger charge is -2.44. The van der Waals surface area contributed by atoms with Gasteiger partial charge in [0.15, 0.2) is 0 Å². The van der Waals surface area contributed by atoms with Crippen LogP contribution in [0.3, 0.4) is 0 Å². The van der Waals surface area contributed by atoms with Crippen molar-refractivity contribution in [3.8, 4) is 11.5 Å². The van der Waals surface area contributed by atoms with Gasteiger partial charge in [-0.05, 0) is 35.4 Å². The van der Waals surface area contributed by atoms with Crippen LogP contribution in [0.2, 0.25) is 0 Å². The fourth-order valence-corrected chi connectivity index (χ4v) is 4.28. The van der Waals surface area contributed by atoms with Crippen LogP contribution in [-0.4, -0.2) is 69.3 Å². The van der Waals surface area contributed by atoms with Gasteiger partial charge in [0.25, 0.3) is 0 Å². The number of benzene rings is 2. The summed E-state index contributed by atoms with van der Waals surface area (Å²) in [5.74, 6) is 1.64. The average molecular weight is 411 g/mol. The summed E-state index contributed by atoms with van der Waals surface area (Å²) in [6, 6.07) is 16.1. The predicted octanol–water partition coefficient (Wildman–Crippen LogP) is 2.42. The molecule has 0 aliphatic carbocycles. The first-order valence-electron chi connectivity index (χ1n) is 10.5. The molecule has 2 aliphatic rings. The lowest BCUT2D eigenvalue weighted by atomic mass is 10.0. The molecule has 2 saturated heterocycles. The molecule has 4 rings (SSSR count). The zero-order valence-electron chi connectivity index (χ0n) is 17.6. The molecule has 2 amide bonds. The van der Waals surface area contributed by atoms with Crippen molar-refractivity contribution in [2.24, 2.45) is 0 Å². The molecular formula is C23H30N4O3. The van der Waals surface area contributed by atoms with Crippen molar-refractivity contribution in [1.82, 2.24) is 20.4 Å². The number of amides is 2. The molecule has 0 aromatic heterocycles. The maximum atomic E-state index is 13.7. The van der Waals surface area contributed by atoms with Crippen molar-refractivity contribution in [3.05, 3.63) is 59.7 Å². The highest BCUT2D eigenvalue weighted by Gasteiger charge is 2.35.